The van der Waals surface area contributed by atoms with Crippen LogP contribution in [0.1, 0.15) is 12.6 Å². The van der Waals surface area contributed by atoms with Crippen LogP contribution in [-0.4, -0.2) is 30.1 Å². The molecule has 1 aromatic heterocycles. The Labute approximate surface area is 154 Å². The van der Waals surface area contributed by atoms with Crippen molar-refractivity contribution >= 4 is 29.9 Å². The zero-order valence-corrected chi connectivity index (χ0v) is 15.5. The first kappa shape index (κ1) is 19.2. The molecule has 1 unspecified atom stereocenters. The van der Waals surface area contributed by atoms with Gasteiger partial charge in [0.25, 0.3) is 0 Å². The molecule has 0 spiro atoms. The van der Waals surface area contributed by atoms with Crippen LogP contribution in [0.4, 0.5) is 0 Å². The minimum absolute atomic E-state index is 0. The summed E-state index contributed by atoms with van der Waals surface area (Å²) in [5.74, 6) is 1.27. The van der Waals surface area contributed by atoms with Gasteiger partial charge in [0.05, 0.1) is 6.54 Å². The van der Waals surface area contributed by atoms with Crippen LogP contribution in [0.2, 0.25) is 0 Å². The summed E-state index contributed by atoms with van der Waals surface area (Å²) in [6.45, 7) is 3.19. The number of aliphatic imine (C=N–C) groups is 1. The minimum Gasteiger partial charge on any atom is -0.489 e. The Hall–Kier alpha value is -1.83. The molecule has 3 N–H and O–H groups in total. The molecule has 2 aromatic rings. The van der Waals surface area contributed by atoms with Gasteiger partial charge in [-0.25, -0.2) is 4.99 Å². The number of pyridine rings is 1. The summed E-state index contributed by atoms with van der Waals surface area (Å²) in [6, 6.07) is 15.6. The molecule has 1 aromatic carbocycles. The summed E-state index contributed by atoms with van der Waals surface area (Å²) >= 11 is 0. The van der Waals surface area contributed by atoms with Gasteiger partial charge in [0, 0.05) is 24.9 Å². The Morgan fingerprint density at radius 2 is 1.96 bits per heavy atom. The number of aromatic nitrogens is 1. The van der Waals surface area contributed by atoms with Crippen LogP contribution in [0.3, 0.4) is 0 Å². The number of nitrogens with one attached hydrogen (secondary N) is 1. The van der Waals surface area contributed by atoms with Gasteiger partial charge in [-0.15, -0.1) is 24.0 Å². The van der Waals surface area contributed by atoms with Crippen LogP contribution < -0.4 is 15.8 Å². The van der Waals surface area contributed by atoms with E-state index in [4.69, 9.17) is 10.5 Å². The molecule has 0 saturated heterocycles. The maximum atomic E-state index is 5.84. The van der Waals surface area contributed by atoms with Crippen molar-refractivity contribution in [3.63, 3.8) is 0 Å². The van der Waals surface area contributed by atoms with Crippen molar-refractivity contribution < 1.29 is 4.74 Å². The van der Waals surface area contributed by atoms with Crippen LogP contribution in [-0.2, 0) is 6.42 Å². The maximum Gasteiger partial charge on any atom is 0.188 e. The summed E-state index contributed by atoms with van der Waals surface area (Å²) in [5, 5.41) is 3.08. The van der Waals surface area contributed by atoms with Crippen LogP contribution in [0, 0.1) is 0 Å². The van der Waals surface area contributed by atoms with Gasteiger partial charge < -0.3 is 15.8 Å². The maximum absolute atomic E-state index is 5.84. The molecule has 0 aliphatic rings. The number of nitrogens with zero attached hydrogens (tertiary/aromatic N) is 2. The van der Waals surface area contributed by atoms with Crippen molar-refractivity contribution in [1.29, 1.82) is 0 Å². The van der Waals surface area contributed by atoms with Crippen molar-refractivity contribution in [3.05, 3.63) is 60.4 Å². The third-order valence-electron chi connectivity index (χ3n) is 3.01. The molecular formula is C17H23IN4O. The van der Waals surface area contributed by atoms with E-state index in [0.29, 0.717) is 19.0 Å². The van der Waals surface area contributed by atoms with E-state index in [1.165, 1.54) is 0 Å². The molecule has 0 saturated carbocycles. The average molecular weight is 426 g/mol. The lowest BCUT2D eigenvalue weighted by Crippen LogP contribution is -2.34. The molecular weight excluding hydrogens is 403 g/mol. The second-order valence-electron chi connectivity index (χ2n) is 4.97. The van der Waals surface area contributed by atoms with E-state index in [1.807, 2.05) is 55.5 Å². The zero-order valence-electron chi connectivity index (χ0n) is 13.2. The third kappa shape index (κ3) is 7.83. The molecule has 2 rings (SSSR count). The quantitative estimate of drug-likeness (QED) is 0.406. The highest BCUT2D eigenvalue weighted by atomic mass is 127. The monoisotopic (exact) mass is 426 g/mol. The van der Waals surface area contributed by atoms with Gasteiger partial charge >= 0.3 is 0 Å². The molecule has 0 aliphatic heterocycles. The van der Waals surface area contributed by atoms with Gasteiger partial charge in [-0.3, -0.25) is 4.98 Å². The van der Waals surface area contributed by atoms with E-state index in [9.17, 15) is 0 Å². The largest absolute Gasteiger partial charge is 0.489 e. The second kappa shape index (κ2) is 10.8. The Morgan fingerprint density at radius 1 is 1.22 bits per heavy atom. The second-order valence-corrected chi connectivity index (χ2v) is 4.97. The zero-order chi connectivity index (χ0) is 15.6. The number of guanidine groups is 1. The molecule has 1 atom stereocenters. The predicted molar refractivity (Wildman–Crippen MR) is 104 cm³/mol. The number of rotatable bonds is 7. The first-order valence-corrected chi connectivity index (χ1v) is 7.39. The number of para-hydroxylation sites is 1. The minimum atomic E-state index is -0.0291. The number of ether oxygens (including phenoxy) is 1. The van der Waals surface area contributed by atoms with Crippen LogP contribution in [0.25, 0.3) is 0 Å². The Balaban J connectivity index is 0.00000264. The topological polar surface area (TPSA) is 72.5 Å². The van der Waals surface area contributed by atoms with E-state index in [2.05, 4.69) is 15.3 Å². The van der Waals surface area contributed by atoms with Crippen molar-refractivity contribution in [2.75, 3.05) is 13.1 Å². The average Bonchev–Trinajstić information content (AvgIpc) is 2.55. The summed E-state index contributed by atoms with van der Waals surface area (Å²) in [5.41, 5.74) is 6.87. The first-order chi connectivity index (χ1) is 10.7. The van der Waals surface area contributed by atoms with Gasteiger partial charge in [-0.2, -0.15) is 0 Å². The van der Waals surface area contributed by atoms with Gasteiger partial charge in [0.1, 0.15) is 11.9 Å². The highest BCUT2D eigenvalue weighted by Crippen LogP contribution is 2.10. The molecule has 0 radical (unpaired) electrons. The van der Waals surface area contributed by atoms with E-state index in [1.54, 1.807) is 6.20 Å². The standard InChI is InChI=1S/C17H22N4O.HI/c1-14(22-16-8-3-2-4-9-16)13-21-17(18)20-12-10-15-7-5-6-11-19-15;/h2-9,11,14H,10,12-13H2,1H3,(H3,18,20,21);1H. The van der Waals surface area contributed by atoms with Crippen molar-refractivity contribution in [3.8, 4) is 5.75 Å². The third-order valence-corrected chi connectivity index (χ3v) is 3.01. The van der Waals surface area contributed by atoms with Crippen LogP contribution in [0.5, 0.6) is 5.75 Å². The summed E-state index contributed by atoms with van der Waals surface area (Å²) in [6.07, 6.45) is 2.57. The number of benzene rings is 1. The Bertz CT molecular complexity index is 578. The number of nitrogens with two attached hydrogens (primary N) is 1. The Morgan fingerprint density at radius 3 is 2.65 bits per heavy atom. The molecule has 6 heteroatoms. The number of hydrogen-bond donors (Lipinski definition) is 2. The normalized spacial score (nSPS) is 12.1. The van der Waals surface area contributed by atoms with Crippen molar-refractivity contribution in [1.82, 2.24) is 10.3 Å². The lowest BCUT2D eigenvalue weighted by molar-refractivity contribution is 0.230. The molecule has 1 heterocycles. The fraction of sp³-hybridized carbons (Fsp3) is 0.294. The summed E-state index contributed by atoms with van der Waals surface area (Å²) in [7, 11) is 0. The molecule has 5 nitrogen and oxygen atoms in total. The predicted octanol–water partition coefficient (Wildman–Crippen LogP) is 2.61. The fourth-order valence-corrected chi connectivity index (χ4v) is 1.92. The highest BCUT2D eigenvalue weighted by molar-refractivity contribution is 14.0. The molecule has 23 heavy (non-hydrogen) atoms. The number of halogens is 1. The summed E-state index contributed by atoms with van der Waals surface area (Å²) < 4.78 is 5.74. The lowest BCUT2D eigenvalue weighted by atomic mass is 10.3. The SMILES string of the molecule is CC(CN=C(N)NCCc1ccccn1)Oc1ccccc1.I. The van der Waals surface area contributed by atoms with E-state index >= 15 is 0 Å². The summed E-state index contributed by atoms with van der Waals surface area (Å²) in [4.78, 5) is 8.55. The first-order valence-electron chi connectivity index (χ1n) is 7.39. The lowest BCUT2D eigenvalue weighted by Gasteiger charge is -2.13. The van der Waals surface area contributed by atoms with E-state index in [-0.39, 0.29) is 30.1 Å². The van der Waals surface area contributed by atoms with Gasteiger partial charge in [-0.1, -0.05) is 24.3 Å². The molecule has 0 aliphatic carbocycles. The van der Waals surface area contributed by atoms with Crippen molar-refractivity contribution in [2.45, 2.75) is 19.4 Å². The van der Waals surface area contributed by atoms with Crippen LogP contribution in [0.15, 0.2) is 59.7 Å². The molecule has 0 bridgehead atoms. The fourth-order valence-electron chi connectivity index (χ4n) is 1.92. The molecule has 0 amide bonds. The van der Waals surface area contributed by atoms with Gasteiger partial charge in [0.15, 0.2) is 5.96 Å². The molecule has 0 fully saturated rings. The van der Waals surface area contributed by atoms with Gasteiger partial charge in [-0.05, 0) is 31.2 Å². The van der Waals surface area contributed by atoms with Gasteiger partial charge in [0.2, 0.25) is 0 Å². The molecule has 124 valence electrons. The highest BCUT2D eigenvalue weighted by Gasteiger charge is 2.03. The van der Waals surface area contributed by atoms with Crippen LogP contribution >= 0.6 is 24.0 Å². The van der Waals surface area contributed by atoms with E-state index in [0.717, 1.165) is 17.9 Å². The van der Waals surface area contributed by atoms with Crippen molar-refractivity contribution in [2.24, 2.45) is 10.7 Å². The van der Waals surface area contributed by atoms with E-state index < -0.39 is 0 Å². The Kier molecular flexibility index (Phi) is 9.04. The number of hydrogen-bond acceptors (Lipinski definition) is 3. The smallest absolute Gasteiger partial charge is 0.188 e.